The number of nitrogens with zero attached hydrogens (tertiary/aromatic N) is 2. The van der Waals surface area contributed by atoms with Crippen LogP contribution in [-0.2, 0) is 16.4 Å². The van der Waals surface area contributed by atoms with Gasteiger partial charge in [-0.25, -0.2) is 4.98 Å². The average Bonchev–Trinajstić information content (AvgIpc) is 2.88. The van der Waals surface area contributed by atoms with Crippen molar-refractivity contribution in [2.24, 2.45) is 7.05 Å². The lowest BCUT2D eigenvalue weighted by Gasteiger charge is -2.35. The second-order valence-corrected chi connectivity index (χ2v) is 6.72. The highest BCUT2D eigenvalue weighted by Crippen LogP contribution is 2.39. The summed E-state index contributed by atoms with van der Waals surface area (Å²) in [4.78, 5) is 4.44. The molecule has 1 unspecified atom stereocenters. The Balaban J connectivity index is 2.04. The van der Waals surface area contributed by atoms with E-state index in [4.69, 9.17) is 9.31 Å². The second kappa shape index (κ2) is 4.58. The van der Waals surface area contributed by atoms with Crippen LogP contribution in [0.25, 0.3) is 11.0 Å². The van der Waals surface area contributed by atoms with Crippen molar-refractivity contribution in [1.29, 1.82) is 0 Å². The van der Waals surface area contributed by atoms with Crippen LogP contribution in [0, 0.1) is 6.92 Å². The van der Waals surface area contributed by atoms with Crippen LogP contribution >= 0.6 is 0 Å². The van der Waals surface area contributed by atoms with Crippen LogP contribution in [0.4, 0.5) is 0 Å². The number of rotatable bonds is 2. The molecule has 21 heavy (non-hydrogen) atoms. The molecule has 0 radical (unpaired) electrons. The molecule has 2 heterocycles. The van der Waals surface area contributed by atoms with Gasteiger partial charge in [-0.1, -0.05) is 6.92 Å². The van der Waals surface area contributed by atoms with Crippen LogP contribution < -0.4 is 5.46 Å². The van der Waals surface area contributed by atoms with Crippen molar-refractivity contribution in [3.8, 4) is 0 Å². The van der Waals surface area contributed by atoms with E-state index in [1.807, 2.05) is 17.9 Å². The van der Waals surface area contributed by atoms with Crippen molar-refractivity contribution in [2.45, 2.75) is 52.2 Å². The third-order valence-electron chi connectivity index (χ3n) is 5.08. The number of aromatic nitrogens is 2. The molecule has 1 fully saturated rings. The van der Waals surface area contributed by atoms with E-state index in [0.29, 0.717) is 0 Å². The van der Waals surface area contributed by atoms with Gasteiger partial charge in [0.15, 0.2) is 0 Å². The van der Waals surface area contributed by atoms with E-state index in [-0.39, 0.29) is 18.3 Å². The largest absolute Gasteiger partial charge is 0.495 e. The first-order chi connectivity index (χ1) is 9.77. The Hall–Kier alpha value is -1.33. The second-order valence-electron chi connectivity index (χ2n) is 6.72. The maximum absolute atomic E-state index is 6.28. The van der Waals surface area contributed by atoms with Gasteiger partial charge in [-0.15, -0.1) is 0 Å². The lowest BCUT2D eigenvalue weighted by atomic mass is 9.76. The normalized spacial score (nSPS) is 25.0. The molecule has 112 valence electrons. The highest BCUT2D eigenvalue weighted by atomic mass is 16.7. The van der Waals surface area contributed by atoms with E-state index < -0.39 is 0 Å². The molecule has 4 nitrogen and oxygen atoms in total. The zero-order chi connectivity index (χ0) is 15.4. The van der Waals surface area contributed by atoms with Crippen LogP contribution in [-0.4, -0.2) is 27.9 Å². The quantitative estimate of drug-likeness (QED) is 0.796. The minimum absolute atomic E-state index is 0.275. The van der Waals surface area contributed by atoms with Crippen molar-refractivity contribution in [3.63, 3.8) is 0 Å². The number of imidazole rings is 1. The number of aryl methyl sites for hydroxylation is 2. The number of fused-ring (bicyclic) bond motifs is 1. The monoisotopic (exact) mass is 286 g/mol. The zero-order valence-electron chi connectivity index (χ0n) is 13.7. The van der Waals surface area contributed by atoms with Crippen molar-refractivity contribution < 1.29 is 9.31 Å². The van der Waals surface area contributed by atoms with E-state index in [9.17, 15) is 0 Å². The van der Waals surface area contributed by atoms with Gasteiger partial charge in [0.2, 0.25) is 0 Å². The van der Waals surface area contributed by atoms with Crippen LogP contribution in [0.3, 0.4) is 0 Å². The average molecular weight is 286 g/mol. The maximum atomic E-state index is 6.28. The summed E-state index contributed by atoms with van der Waals surface area (Å²) in [7, 11) is 1.69. The fourth-order valence-electron chi connectivity index (χ4n) is 2.98. The van der Waals surface area contributed by atoms with Gasteiger partial charge >= 0.3 is 7.12 Å². The summed E-state index contributed by atoms with van der Waals surface area (Å²) in [5.41, 5.74) is 3.78. The van der Waals surface area contributed by atoms with E-state index >= 15 is 0 Å². The Bertz CT molecular complexity index is 695. The molecule has 0 spiro atoms. The van der Waals surface area contributed by atoms with Crippen molar-refractivity contribution in [3.05, 3.63) is 24.0 Å². The van der Waals surface area contributed by atoms with Crippen LogP contribution in [0.5, 0.6) is 0 Å². The Morgan fingerprint density at radius 3 is 2.57 bits per heavy atom. The zero-order valence-corrected chi connectivity index (χ0v) is 13.7. The minimum atomic E-state index is -0.323. The Morgan fingerprint density at radius 2 is 1.95 bits per heavy atom. The molecule has 3 rings (SSSR count). The summed E-state index contributed by atoms with van der Waals surface area (Å²) in [5, 5.41) is 0. The number of hydrogen-bond donors (Lipinski definition) is 0. The molecule has 0 N–H and O–H groups in total. The van der Waals surface area contributed by atoms with Gasteiger partial charge in [0.25, 0.3) is 0 Å². The molecule has 5 heteroatoms. The molecule has 0 saturated carbocycles. The highest BCUT2D eigenvalue weighted by molar-refractivity contribution is 6.63. The number of benzene rings is 1. The highest BCUT2D eigenvalue weighted by Gasteiger charge is 2.53. The van der Waals surface area contributed by atoms with E-state index in [1.165, 1.54) is 5.56 Å². The summed E-state index contributed by atoms with van der Waals surface area (Å²) in [6, 6.07) is 4.24. The molecule has 2 aromatic rings. The van der Waals surface area contributed by atoms with Crippen LogP contribution in [0.2, 0.25) is 0 Å². The smallest absolute Gasteiger partial charge is 0.399 e. The van der Waals surface area contributed by atoms with Gasteiger partial charge in [0.05, 0.1) is 28.6 Å². The van der Waals surface area contributed by atoms with Gasteiger partial charge in [-0.05, 0) is 57.3 Å². The van der Waals surface area contributed by atoms with E-state index in [2.05, 4.69) is 51.7 Å². The van der Waals surface area contributed by atoms with Crippen LogP contribution in [0.15, 0.2) is 18.5 Å². The first-order valence-electron chi connectivity index (χ1n) is 7.54. The van der Waals surface area contributed by atoms with Crippen molar-refractivity contribution in [1.82, 2.24) is 9.55 Å². The first kappa shape index (κ1) is 14.6. The number of hydrogen-bond acceptors (Lipinski definition) is 3. The summed E-state index contributed by atoms with van der Waals surface area (Å²) in [6.45, 7) is 10.6. The van der Waals surface area contributed by atoms with Crippen LogP contribution in [0.1, 0.15) is 39.7 Å². The molecule has 1 aromatic carbocycles. The summed E-state index contributed by atoms with van der Waals surface area (Å²) in [5.74, 6) is 0. The predicted molar refractivity (Wildman–Crippen MR) is 85.8 cm³/mol. The molecule has 0 bridgehead atoms. The third-order valence-corrected chi connectivity index (χ3v) is 5.08. The van der Waals surface area contributed by atoms with Gasteiger partial charge in [0, 0.05) is 7.05 Å². The van der Waals surface area contributed by atoms with Gasteiger partial charge in [-0.3, -0.25) is 0 Å². The SMILES string of the molecule is CCC1(C)OB(c2cc3ncn(C)c3cc2C)OC1(C)C. The third kappa shape index (κ3) is 2.10. The molecule has 1 aliphatic rings. The molecule has 0 amide bonds. The summed E-state index contributed by atoms with van der Waals surface area (Å²) >= 11 is 0. The topological polar surface area (TPSA) is 36.3 Å². The first-order valence-corrected chi connectivity index (χ1v) is 7.54. The predicted octanol–water partition coefficient (Wildman–Crippen LogP) is 2.57. The van der Waals surface area contributed by atoms with Gasteiger partial charge < -0.3 is 13.9 Å². The molecule has 1 aliphatic heterocycles. The van der Waals surface area contributed by atoms with Gasteiger partial charge in [0.1, 0.15) is 0 Å². The Labute approximate surface area is 126 Å². The Kier molecular flexibility index (Phi) is 3.19. The molecule has 1 saturated heterocycles. The molecular formula is C16H23BN2O2. The maximum Gasteiger partial charge on any atom is 0.495 e. The Morgan fingerprint density at radius 1 is 1.24 bits per heavy atom. The van der Waals surface area contributed by atoms with Crippen molar-refractivity contribution in [2.75, 3.05) is 0 Å². The molecule has 1 atom stereocenters. The fraction of sp³-hybridized carbons (Fsp3) is 0.562. The fourth-order valence-corrected chi connectivity index (χ4v) is 2.98. The molecule has 0 aliphatic carbocycles. The lowest BCUT2D eigenvalue weighted by molar-refractivity contribution is -0.0118. The molecule has 1 aromatic heterocycles. The van der Waals surface area contributed by atoms with Gasteiger partial charge in [-0.2, -0.15) is 0 Å². The lowest BCUT2D eigenvalue weighted by Crippen LogP contribution is -2.44. The minimum Gasteiger partial charge on any atom is -0.399 e. The standard InChI is InChI=1S/C16H23BN2O2/c1-7-16(5)15(3,4)20-17(21-16)12-9-13-14(8-11(12)2)19(6)10-18-13/h8-10H,7H2,1-6H3. The molecular weight excluding hydrogens is 263 g/mol. The van der Waals surface area contributed by atoms with Crippen molar-refractivity contribution >= 4 is 23.6 Å². The summed E-state index contributed by atoms with van der Waals surface area (Å²) in [6.07, 6.45) is 2.76. The summed E-state index contributed by atoms with van der Waals surface area (Å²) < 4.78 is 14.5. The van der Waals surface area contributed by atoms with E-state index in [0.717, 1.165) is 22.9 Å². The van der Waals surface area contributed by atoms with E-state index in [1.54, 1.807) is 0 Å².